The minimum Gasteiger partial charge on any atom is -0.481 e. The van der Waals surface area contributed by atoms with Gasteiger partial charge in [0.25, 0.3) is 5.91 Å². The molecule has 0 radical (unpaired) electrons. The lowest BCUT2D eigenvalue weighted by atomic mass is 10.1. The largest absolute Gasteiger partial charge is 0.481 e. The first-order valence-corrected chi connectivity index (χ1v) is 6.05. The van der Waals surface area contributed by atoms with Crippen molar-refractivity contribution in [2.45, 2.75) is 26.7 Å². The first-order chi connectivity index (χ1) is 8.47. The van der Waals surface area contributed by atoms with Gasteiger partial charge in [0.1, 0.15) is 11.5 Å². The quantitative estimate of drug-likeness (QED) is 0.889. The van der Waals surface area contributed by atoms with Crippen LogP contribution in [0.1, 0.15) is 34.7 Å². The van der Waals surface area contributed by atoms with Crippen molar-refractivity contribution in [2.75, 3.05) is 13.1 Å². The summed E-state index contributed by atoms with van der Waals surface area (Å²) in [4.78, 5) is 24.6. The number of likely N-dealkylation sites (tertiary alicyclic amines) is 1. The van der Waals surface area contributed by atoms with E-state index in [2.05, 4.69) is 0 Å². The number of amides is 1. The maximum atomic E-state index is 12.2. The number of carboxylic acid groups (broad SMARTS) is 1. The molecule has 1 unspecified atom stereocenters. The van der Waals surface area contributed by atoms with E-state index in [1.807, 2.05) is 0 Å². The van der Waals surface area contributed by atoms with E-state index in [1.54, 1.807) is 24.8 Å². The molecule has 1 aliphatic rings. The van der Waals surface area contributed by atoms with Crippen LogP contribution in [0.4, 0.5) is 0 Å². The van der Waals surface area contributed by atoms with Crippen molar-refractivity contribution >= 4 is 11.9 Å². The second kappa shape index (κ2) is 4.84. The summed E-state index contributed by atoms with van der Waals surface area (Å²) in [6.07, 6.45) is 0.890. The molecule has 1 aromatic rings. The highest BCUT2D eigenvalue weighted by Gasteiger charge is 2.29. The first kappa shape index (κ1) is 12.7. The van der Waals surface area contributed by atoms with Gasteiger partial charge in [0, 0.05) is 19.5 Å². The molecule has 5 nitrogen and oxygen atoms in total. The number of carbonyl (C=O) groups is 2. The van der Waals surface area contributed by atoms with E-state index in [0.29, 0.717) is 24.4 Å². The lowest BCUT2D eigenvalue weighted by Crippen LogP contribution is -2.29. The zero-order chi connectivity index (χ0) is 13.3. The van der Waals surface area contributed by atoms with Gasteiger partial charge in [-0.3, -0.25) is 9.59 Å². The summed E-state index contributed by atoms with van der Waals surface area (Å²) in [5.74, 6) is 0.554. The number of carbonyl (C=O) groups excluding carboxylic acids is 1. The Hall–Kier alpha value is -1.78. The van der Waals surface area contributed by atoms with Crippen molar-refractivity contribution in [1.82, 2.24) is 4.90 Å². The third-order valence-corrected chi connectivity index (χ3v) is 3.31. The summed E-state index contributed by atoms with van der Waals surface area (Å²) >= 11 is 0. The second-order valence-corrected chi connectivity index (χ2v) is 4.83. The SMILES string of the molecule is Cc1cc(C(=O)N2CCC(CC(=O)O)C2)c(C)o1. The van der Waals surface area contributed by atoms with Crippen molar-refractivity contribution in [2.24, 2.45) is 5.92 Å². The smallest absolute Gasteiger partial charge is 0.303 e. The van der Waals surface area contributed by atoms with Crippen LogP contribution in [0.2, 0.25) is 0 Å². The van der Waals surface area contributed by atoms with Gasteiger partial charge in [0.05, 0.1) is 5.56 Å². The van der Waals surface area contributed by atoms with Gasteiger partial charge >= 0.3 is 5.97 Å². The average molecular weight is 251 g/mol. The Kier molecular flexibility index (Phi) is 3.41. The Bertz CT molecular complexity index is 477. The van der Waals surface area contributed by atoms with Gasteiger partial charge in [-0.1, -0.05) is 0 Å². The molecule has 1 atom stereocenters. The maximum absolute atomic E-state index is 12.2. The fourth-order valence-corrected chi connectivity index (χ4v) is 2.44. The van der Waals surface area contributed by atoms with Crippen LogP contribution in [0.5, 0.6) is 0 Å². The van der Waals surface area contributed by atoms with E-state index in [1.165, 1.54) is 0 Å². The van der Waals surface area contributed by atoms with Gasteiger partial charge in [-0.15, -0.1) is 0 Å². The monoisotopic (exact) mass is 251 g/mol. The Balaban J connectivity index is 2.03. The second-order valence-electron chi connectivity index (χ2n) is 4.83. The molecule has 1 fully saturated rings. The fraction of sp³-hybridized carbons (Fsp3) is 0.538. The number of hydrogen-bond acceptors (Lipinski definition) is 3. The predicted molar refractivity (Wildman–Crippen MR) is 64.4 cm³/mol. The third kappa shape index (κ3) is 2.55. The number of rotatable bonds is 3. The topological polar surface area (TPSA) is 70.8 Å². The van der Waals surface area contributed by atoms with Gasteiger partial charge in [-0.25, -0.2) is 0 Å². The zero-order valence-corrected chi connectivity index (χ0v) is 10.6. The molecule has 1 aliphatic heterocycles. The van der Waals surface area contributed by atoms with E-state index in [0.717, 1.165) is 12.2 Å². The van der Waals surface area contributed by atoms with Crippen molar-refractivity contribution in [3.05, 3.63) is 23.2 Å². The molecule has 0 aliphatic carbocycles. The van der Waals surface area contributed by atoms with Gasteiger partial charge in [0.2, 0.25) is 0 Å². The van der Waals surface area contributed by atoms with E-state index in [4.69, 9.17) is 9.52 Å². The van der Waals surface area contributed by atoms with Gasteiger partial charge in [0.15, 0.2) is 0 Å². The van der Waals surface area contributed by atoms with Gasteiger partial charge in [-0.2, -0.15) is 0 Å². The summed E-state index contributed by atoms with van der Waals surface area (Å²) in [6.45, 7) is 4.72. The third-order valence-electron chi connectivity index (χ3n) is 3.31. The lowest BCUT2D eigenvalue weighted by Gasteiger charge is -2.15. The maximum Gasteiger partial charge on any atom is 0.303 e. The summed E-state index contributed by atoms with van der Waals surface area (Å²) in [7, 11) is 0. The molecule has 2 heterocycles. The Morgan fingerprint density at radius 3 is 2.78 bits per heavy atom. The minimum absolute atomic E-state index is 0.0581. The molecular formula is C13H17NO4. The molecule has 0 saturated carbocycles. The van der Waals surface area contributed by atoms with Crippen LogP contribution >= 0.6 is 0 Å². The average Bonchev–Trinajstić information content (AvgIpc) is 2.84. The number of aryl methyl sites for hydroxylation is 2. The molecule has 1 N–H and O–H groups in total. The van der Waals surface area contributed by atoms with E-state index in [-0.39, 0.29) is 18.2 Å². The molecule has 5 heteroatoms. The van der Waals surface area contributed by atoms with E-state index in [9.17, 15) is 9.59 Å². The highest BCUT2D eigenvalue weighted by Crippen LogP contribution is 2.23. The summed E-state index contributed by atoms with van der Waals surface area (Å²) in [6, 6.07) is 1.74. The highest BCUT2D eigenvalue weighted by atomic mass is 16.4. The number of furan rings is 1. The van der Waals surface area contributed by atoms with E-state index < -0.39 is 5.97 Å². The molecule has 0 spiro atoms. The summed E-state index contributed by atoms with van der Waals surface area (Å²) in [5.41, 5.74) is 0.587. The van der Waals surface area contributed by atoms with Crippen LogP contribution in [0.25, 0.3) is 0 Å². The molecular weight excluding hydrogens is 234 g/mol. The van der Waals surface area contributed by atoms with E-state index >= 15 is 0 Å². The lowest BCUT2D eigenvalue weighted by molar-refractivity contribution is -0.138. The van der Waals surface area contributed by atoms with Crippen LogP contribution in [-0.2, 0) is 4.79 Å². The number of hydrogen-bond donors (Lipinski definition) is 1. The van der Waals surface area contributed by atoms with Gasteiger partial charge < -0.3 is 14.4 Å². The molecule has 1 amide bonds. The number of aliphatic carboxylic acids is 1. The molecule has 2 rings (SSSR count). The highest BCUT2D eigenvalue weighted by molar-refractivity contribution is 5.95. The number of carboxylic acids is 1. The fourth-order valence-electron chi connectivity index (χ4n) is 2.44. The Labute approximate surface area is 105 Å². The van der Waals surface area contributed by atoms with Crippen molar-refractivity contribution in [1.29, 1.82) is 0 Å². The Morgan fingerprint density at radius 2 is 2.22 bits per heavy atom. The normalized spacial score (nSPS) is 19.2. The molecule has 0 bridgehead atoms. The van der Waals surface area contributed by atoms with Crippen LogP contribution < -0.4 is 0 Å². The van der Waals surface area contributed by atoms with Crippen molar-refractivity contribution in [3.63, 3.8) is 0 Å². The Morgan fingerprint density at radius 1 is 1.50 bits per heavy atom. The van der Waals surface area contributed by atoms with Crippen LogP contribution in [0.3, 0.4) is 0 Å². The van der Waals surface area contributed by atoms with Crippen molar-refractivity contribution < 1.29 is 19.1 Å². The zero-order valence-electron chi connectivity index (χ0n) is 10.6. The van der Waals surface area contributed by atoms with Crippen LogP contribution in [0, 0.1) is 19.8 Å². The predicted octanol–water partition coefficient (Wildman–Crippen LogP) is 1.83. The summed E-state index contributed by atoms with van der Waals surface area (Å²) < 4.78 is 5.34. The summed E-state index contributed by atoms with van der Waals surface area (Å²) in [5, 5.41) is 8.74. The molecule has 0 aromatic carbocycles. The number of nitrogens with zero attached hydrogens (tertiary/aromatic N) is 1. The molecule has 18 heavy (non-hydrogen) atoms. The van der Waals surface area contributed by atoms with Gasteiger partial charge in [-0.05, 0) is 32.3 Å². The molecule has 98 valence electrons. The first-order valence-electron chi connectivity index (χ1n) is 6.05. The van der Waals surface area contributed by atoms with Crippen molar-refractivity contribution in [3.8, 4) is 0 Å². The van der Waals surface area contributed by atoms with Crippen LogP contribution in [0.15, 0.2) is 10.5 Å². The molecule has 1 saturated heterocycles. The minimum atomic E-state index is -0.801. The standard InChI is InChI=1S/C13H17NO4/c1-8-5-11(9(2)18-8)13(17)14-4-3-10(7-14)6-12(15)16/h5,10H,3-4,6-7H2,1-2H3,(H,15,16). The molecule has 1 aromatic heterocycles. The van der Waals surface area contributed by atoms with Crippen LogP contribution in [-0.4, -0.2) is 35.0 Å².